The smallest absolute Gasteiger partial charge is 0.248 e. The minimum absolute atomic E-state index is 0.182. The normalized spacial score (nSPS) is 16.1. The zero-order chi connectivity index (χ0) is 19.8. The Morgan fingerprint density at radius 3 is 2.61 bits per heavy atom. The number of hydrogen-bond acceptors (Lipinski definition) is 5. The van der Waals surface area contributed by atoms with E-state index in [1.54, 1.807) is 26.4 Å². The molecule has 28 heavy (non-hydrogen) atoms. The van der Waals surface area contributed by atoms with Crippen LogP contribution in [-0.4, -0.2) is 39.4 Å². The van der Waals surface area contributed by atoms with Gasteiger partial charge in [0.25, 0.3) is 0 Å². The van der Waals surface area contributed by atoms with Crippen molar-refractivity contribution in [3.05, 3.63) is 54.1 Å². The lowest BCUT2D eigenvalue weighted by molar-refractivity contribution is -0.111. The van der Waals surface area contributed by atoms with Crippen molar-refractivity contribution in [1.29, 1.82) is 0 Å². The van der Waals surface area contributed by atoms with Gasteiger partial charge < -0.3 is 24.3 Å². The molecular formula is C22H25NO5. The molecule has 1 unspecified atom stereocenters. The molecular weight excluding hydrogens is 358 g/mol. The Morgan fingerprint density at radius 1 is 1.14 bits per heavy atom. The van der Waals surface area contributed by atoms with Gasteiger partial charge in [0.15, 0.2) is 11.5 Å². The molecule has 1 atom stereocenters. The van der Waals surface area contributed by atoms with Crippen LogP contribution in [0, 0.1) is 0 Å². The molecule has 1 saturated heterocycles. The summed E-state index contributed by atoms with van der Waals surface area (Å²) in [6, 6.07) is 12.8. The molecule has 1 aliphatic rings. The van der Waals surface area contributed by atoms with Crippen LogP contribution in [0.3, 0.4) is 0 Å². The van der Waals surface area contributed by atoms with Crippen molar-refractivity contribution in [2.45, 2.75) is 18.9 Å². The predicted molar refractivity (Wildman–Crippen MR) is 108 cm³/mol. The highest BCUT2D eigenvalue weighted by atomic mass is 16.5. The molecule has 2 aromatic carbocycles. The number of amides is 1. The molecule has 3 rings (SSSR count). The maximum atomic E-state index is 12.1. The highest BCUT2D eigenvalue weighted by Crippen LogP contribution is 2.28. The predicted octanol–water partition coefficient (Wildman–Crippen LogP) is 3.91. The van der Waals surface area contributed by atoms with Crippen LogP contribution < -0.4 is 19.5 Å². The summed E-state index contributed by atoms with van der Waals surface area (Å²) in [6.07, 6.45) is 5.51. The SMILES string of the molecule is COc1ccc(/C=C/C(=O)Nc2ccc(OCC3CCCO3)cc2)cc1OC. The van der Waals surface area contributed by atoms with Crippen LogP contribution in [0.25, 0.3) is 6.08 Å². The second-order valence-corrected chi connectivity index (χ2v) is 6.41. The molecule has 0 spiro atoms. The summed E-state index contributed by atoms with van der Waals surface area (Å²) in [6.45, 7) is 1.37. The molecule has 2 aromatic rings. The standard InChI is InChI=1S/C22H25NO5/c1-25-20-11-5-16(14-21(20)26-2)6-12-22(24)23-17-7-9-18(10-8-17)28-15-19-4-3-13-27-19/h5-12,14,19H,3-4,13,15H2,1-2H3,(H,23,24)/b12-6+. The summed E-state index contributed by atoms with van der Waals surface area (Å²) in [5, 5.41) is 2.83. The summed E-state index contributed by atoms with van der Waals surface area (Å²) in [5.74, 6) is 1.80. The molecule has 1 heterocycles. The van der Waals surface area contributed by atoms with Gasteiger partial charge in [-0.25, -0.2) is 0 Å². The average Bonchev–Trinajstić information content (AvgIpc) is 3.25. The Balaban J connectivity index is 1.52. The Bertz CT molecular complexity index is 810. The highest BCUT2D eigenvalue weighted by Gasteiger charge is 2.15. The number of hydrogen-bond donors (Lipinski definition) is 1. The van der Waals surface area contributed by atoms with E-state index in [2.05, 4.69) is 5.32 Å². The molecule has 6 nitrogen and oxygen atoms in total. The second-order valence-electron chi connectivity index (χ2n) is 6.41. The van der Waals surface area contributed by atoms with E-state index in [-0.39, 0.29) is 12.0 Å². The lowest BCUT2D eigenvalue weighted by Gasteiger charge is -2.11. The summed E-state index contributed by atoms with van der Waals surface area (Å²) in [5.41, 5.74) is 1.54. The minimum atomic E-state index is -0.220. The van der Waals surface area contributed by atoms with Crippen LogP contribution in [0.1, 0.15) is 18.4 Å². The van der Waals surface area contributed by atoms with Gasteiger partial charge in [-0.05, 0) is 60.9 Å². The molecule has 148 valence electrons. The van der Waals surface area contributed by atoms with Gasteiger partial charge in [0.05, 0.1) is 20.3 Å². The Labute approximate surface area is 165 Å². The number of benzene rings is 2. The van der Waals surface area contributed by atoms with E-state index in [1.807, 2.05) is 36.4 Å². The van der Waals surface area contributed by atoms with E-state index >= 15 is 0 Å². The first kappa shape index (κ1) is 19.8. The van der Waals surface area contributed by atoms with E-state index in [0.29, 0.717) is 23.8 Å². The monoisotopic (exact) mass is 383 g/mol. The first-order valence-electron chi connectivity index (χ1n) is 9.23. The Kier molecular flexibility index (Phi) is 6.92. The van der Waals surface area contributed by atoms with Crippen molar-refractivity contribution in [3.8, 4) is 17.2 Å². The maximum Gasteiger partial charge on any atom is 0.248 e. The van der Waals surface area contributed by atoms with E-state index in [1.165, 1.54) is 6.08 Å². The molecule has 0 radical (unpaired) electrons. The number of ether oxygens (including phenoxy) is 4. The molecule has 0 saturated carbocycles. The van der Waals surface area contributed by atoms with Gasteiger partial charge in [0, 0.05) is 18.4 Å². The van der Waals surface area contributed by atoms with Crippen LogP contribution in [-0.2, 0) is 9.53 Å². The van der Waals surface area contributed by atoms with E-state index < -0.39 is 0 Å². The van der Waals surface area contributed by atoms with Crippen molar-refractivity contribution < 1.29 is 23.7 Å². The fourth-order valence-corrected chi connectivity index (χ4v) is 2.91. The zero-order valence-corrected chi connectivity index (χ0v) is 16.1. The molecule has 0 bridgehead atoms. The second kappa shape index (κ2) is 9.80. The zero-order valence-electron chi connectivity index (χ0n) is 16.1. The molecule has 1 aliphatic heterocycles. The number of rotatable bonds is 8. The van der Waals surface area contributed by atoms with Crippen molar-refractivity contribution in [2.75, 3.05) is 32.8 Å². The summed E-state index contributed by atoms with van der Waals surface area (Å²) >= 11 is 0. The van der Waals surface area contributed by atoms with Crippen LogP contribution in [0.4, 0.5) is 5.69 Å². The van der Waals surface area contributed by atoms with Crippen LogP contribution >= 0.6 is 0 Å². The number of anilines is 1. The number of nitrogens with one attached hydrogen (secondary N) is 1. The van der Waals surface area contributed by atoms with Gasteiger partial charge in [-0.1, -0.05) is 6.07 Å². The van der Waals surface area contributed by atoms with E-state index in [4.69, 9.17) is 18.9 Å². The number of methoxy groups -OCH3 is 2. The molecule has 0 aliphatic carbocycles. The van der Waals surface area contributed by atoms with Crippen molar-refractivity contribution in [1.82, 2.24) is 0 Å². The lowest BCUT2D eigenvalue weighted by Crippen LogP contribution is -2.16. The van der Waals surface area contributed by atoms with Gasteiger partial charge in [0.2, 0.25) is 5.91 Å². The molecule has 1 amide bonds. The van der Waals surface area contributed by atoms with E-state index in [0.717, 1.165) is 30.8 Å². The molecule has 0 aromatic heterocycles. The quantitative estimate of drug-likeness (QED) is 0.700. The summed E-state index contributed by atoms with van der Waals surface area (Å²) in [4.78, 5) is 12.1. The fourth-order valence-electron chi connectivity index (χ4n) is 2.91. The van der Waals surface area contributed by atoms with Crippen LogP contribution in [0.2, 0.25) is 0 Å². The highest BCUT2D eigenvalue weighted by molar-refractivity contribution is 6.01. The third kappa shape index (κ3) is 5.50. The maximum absolute atomic E-state index is 12.1. The third-order valence-corrected chi connectivity index (χ3v) is 4.42. The van der Waals surface area contributed by atoms with Gasteiger partial charge in [-0.2, -0.15) is 0 Å². The molecule has 1 N–H and O–H groups in total. The lowest BCUT2D eigenvalue weighted by atomic mass is 10.2. The number of carbonyl (C=O) groups excluding carboxylic acids is 1. The third-order valence-electron chi connectivity index (χ3n) is 4.42. The van der Waals surface area contributed by atoms with Crippen molar-refractivity contribution >= 4 is 17.7 Å². The van der Waals surface area contributed by atoms with E-state index in [9.17, 15) is 4.79 Å². The largest absolute Gasteiger partial charge is 0.493 e. The Hall–Kier alpha value is -2.99. The summed E-state index contributed by atoms with van der Waals surface area (Å²) < 4.78 is 21.7. The van der Waals surface area contributed by atoms with Crippen LogP contribution in [0.5, 0.6) is 17.2 Å². The average molecular weight is 383 g/mol. The van der Waals surface area contributed by atoms with Gasteiger partial charge in [-0.3, -0.25) is 4.79 Å². The van der Waals surface area contributed by atoms with Crippen LogP contribution in [0.15, 0.2) is 48.5 Å². The van der Waals surface area contributed by atoms with Gasteiger partial charge >= 0.3 is 0 Å². The summed E-state index contributed by atoms with van der Waals surface area (Å²) in [7, 11) is 3.16. The van der Waals surface area contributed by atoms with Gasteiger partial charge in [0.1, 0.15) is 12.4 Å². The van der Waals surface area contributed by atoms with Gasteiger partial charge in [-0.15, -0.1) is 0 Å². The first-order valence-corrected chi connectivity index (χ1v) is 9.23. The molecule has 1 fully saturated rings. The number of carbonyl (C=O) groups is 1. The Morgan fingerprint density at radius 2 is 1.93 bits per heavy atom. The minimum Gasteiger partial charge on any atom is -0.493 e. The van der Waals surface area contributed by atoms with Crippen molar-refractivity contribution in [2.24, 2.45) is 0 Å². The molecule has 6 heteroatoms. The topological polar surface area (TPSA) is 66.0 Å². The first-order chi connectivity index (χ1) is 13.7. The van der Waals surface area contributed by atoms with Crippen molar-refractivity contribution in [3.63, 3.8) is 0 Å². The fraction of sp³-hybridized carbons (Fsp3) is 0.318.